The summed E-state index contributed by atoms with van der Waals surface area (Å²) in [6, 6.07) is 9.02. The molecule has 4 nitrogen and oxygen atoms in total. The summed E-state index contributed by atoms with van der Waals surface area (Å²) in [6.07, 6.45) is 8.04. The molecule has 0 spiro atoms. The molecule has 1 aromatic carbocycles. The van der Waals surface area contributed by atoms with Crippen LogP contribution in [0.3, 0.4) is 0 Å². The zero-order valence-corrected chi connectivity index (χ0v) is 15.5. The van der Waals surface area contributed by atoms with Crippen LogP contribution in [0.2, 0.25) is 0 Å². The summed E-state index contributed by atoms with van der Waals surface area (Å²) < 4.78 is 5.22. The van der Waals surface area contributed by atoms with E-state index in [0.29, 0.717) is 18.6 Å². The quantitative estimate of drug-likeness (QED) is 0.859. The molecule has 1 aromatic rings. The molecule has 1 aliphatic carbocycles. The zero-order valence-electron chi connectivity index (χ0n) is 15.5. The van der Waals surface area contributed by atoms with E-state index in [2.05, 4.69) is 34.5 Å². The number of hydrogen-bond donors (Lipinski definition) is 1. The highest BCUT2D eigenvalue weighted by molar-refractivity contribution is 5.79. The minimum atomic E-state index is 0.273. The van der Waals surface area contributed by atoms with Gasteiger partial charge in [-0.2, -0.15) is 0 Å². The van der Waals surface area contributed by atoms with E-state index >= 15 is 0 Å². The molecule has 0 bridgehead atoms. The van der Waals surface area contributed by atoms with Crippen molar-refractivity contribution in [2.75, 3.05) is 20.2 Å². The van der Waals surface area contributed by atoms with Gasteiger partial charge >= 0.3 is 0 Å². The molecule has 2 aliphatic rings. The fraction of sp³-hybridized carbons (Fsp3) is 0.667. The number of carbonyl (C=O) groups excluding carboxylic acids is 1. The number of likely N-dealkylation sites (tertiary alicyclic amines) is 1. The molecule has 0 aromatic heterocycles. The van der Waals surface area contributed by atoms with Crippen molar-refractivity contribution in [3.63, 3.8) is 0 Å². The molecule has 1 aliphatic heterocycles. The van der Waals surface area contributed by atoms with Gasteiger partial charge in [0.05, 0.1) is 6.61 Å². The fourth-order valence-corrected chi connectivity index (χ4v) is 4.16. The number of carbonyl (C=O) groups is 1. The van der Waals surface area contributed by atoms with Crippen LogP contribution in [-0.2, 0) is 22.7 Å². The minimum Gasteiger partial charge on any atom is -0.380 e. The molecule has 1 amide bonds. The lowest BCUT2D eigenvalue weighted by atomic mass is 9.88. The van der Waals surface area contributed by atoms with E-state index in [1.807, 2.05) is 0 Å². The number of rotatable bonds is 6. The summed E-state index contributed by atoms with van der Waals surface area (Å²) in [7, 11) is 1.74. The van der Waals surface area contributed by atoms with Crippen LogP contribution in [0, 0.1) is 5.92 Å². The Morgan fingerprint density at radius 3 is 2.56 bits per heavy atom. The van der Waals surface area contributed by atoms with Crippen LogP contribution in [0.4, 0.5) is 0 Å². The largest absolute Gasteiger partial charge is 0.380 e. The average Bonchev–Trinajstić information content (AvgIpc) is 2.65. The molecule has 0 unspecified atom stereocenters. The van der Waals surface area contributed by atoms with Gasteiger partial charge in [-0.25, -0.2) is 0 Å². The van der Waals surface area contributed by atoms with Crippen LogP contribution >= 0.6 is 0 Å². The summed E-state index contributed by atoms with van der Waals surface area (Å²) in [5, 5.41) is 3.32. The Bertz CT molecular complexity index is 547. The first-order valence-corrected chi connectivity index (χ1v) is 9.84. The molecule has 138 valence electrons. The highest BCUT2D eigenvalue weighted by Crippen LogP contribution is 2.24. The van der Waals surface area contributed by atoms with Crippen LogP contribution < -0.4 is 5.32 Å². The van der Waals surface area contributed by atoms with E-state index in [1.165, 1.54) is 30.4 Å². The molecule has 4 heteroatoms. The molecule has 1 saturated heterocycles. The molecule has 0 atom stereocenters. The van der Waals surface area contributed by atoms with Crippen LogP contribution in [0.5, 0.6) is 0 Å². The number of benzene rings is 1. The summed E-state index contributed by atoms with van der Waals surface area (Å²) in [4.78, 5) is 14.9. The summed E-state index contributed by atoms with van der Waals surface area (Å²) >= 11 is 0. The number of ether oxygens (including phenoxy) is 1. The number of amides is 1. The van der Waals surface area contributed by atoms with Crippen LogP contribution in [0.25, 0.3) is 0 Å². The molecule has 3 rings (SSSR count). The van der Waals surface area contributed by atoms with E-state index in [9.17, 15) is 4.79 Å². The molecule has 2 fully saturated rings. The zero-order chi connectivity index (χ0) is 17.5. The molecule has 0 radical (unpaired) electrons. The first-order valence-electron chi connectivity index (χ1n) is 9.84. The Kier molecular flexibility index (Phi) is 6.88. The third-order valence-electron chi connectivity index (χ3n) is 5.62. The summed E-state index contributed by atoms with van der Waals surface area (Å²) in [5.74, 6) is 0.584. The van der Waals surface area contributed by atoms with Crippen molar-refractivity contribution in [2.24, 2.45) is 5.92 Å². The second kappa shape index (κ2) is 9.35. The Hall–Kier alpha value is -1.39. The van der Waals surface area contributed by atoms with Crippen molar-refractivity contribution in [3.8, 4) is 0 Å². The molecule has 1 saturated carbocycles. The Balaban J connectivity index is 1.42. The van der Waals surface area contributed by atoms with Crippen molar-refractivity contribution in [3.05, 3.63) is 35.4 Å². The fourth-order valence-electron chi connectivity index (χ4n) is 4.16. The van der Waals surface area contributed by atoms with E-state index in [4.69, 9.17) is 4.74 Å². The monoisotopic (exact) mass is 344 g/mol. The number of piperidine rings is 1. The predicted molar refractivity (Wildman–Crippen MR) is 100 cm³/mol. The van der Waals surface area contributed by atoms with Crippen molar-refractivity contribution in [2.45, 2.75) is 64.1 Å². The lowest BCUT2D eigenvalue weighted by molar-refractivity contribution is -0.127. The molecule has 1 heterocycles. The smallest absolute Gasteiger partial charge is 0.223 e. The van der Waals surface area contributed by atoms with Gasteiger partial charge in [0.2, 0.25) is 5.91 Å². The van der Waals surface area contributed by atoms with Gasteiger partial charge < -0.3 is 10.1 Å². The maximum absolute atomic E-state index is 12.4. The number of nitrogens with one attached hydrogen (secondary N) is 1. The van der Waals surface area contributed by atoms with Gasteiger partial charge in [-0.05, 0) is 36.8 Å². The van der Waals surface area contributed by atoms with Crippen molar-refractivity contribution >= 4 is 5.91 Å². The minimum absolute atomic E-state index is 0.273. The van der Waals surface area contributed by atoms with E-state index in [1.54, 1.807) is 7.11 Å². The highest BCUT2D eigenvalue weighted by atomic mass is 16.5. The van der Waals surface area contributed by atoms with Crippen molar-refractivity contribution < 1.29 is 9.53 Å². The van der Waals surface area contributed by atoms with Crippen LogP contribution in [-0.4, -0.2) is 37.0 Å². The van der Waals surface area contributed by atoms with Crippen molar-refractivity contribution in [1.82, 2.24) is 10.2 Å². The van der Waals surface area contributed by atoms with Crippen LogP contribution in [0.1, 0.15) is 56.1 Å². The Morgan fingerprint density at radius 1 is 1.12 bits per heavy atom. The molecular weight excluding hydrogens is 312 g/mol. The van der Waals surface area contributed by atoms with Gasteiger partial charge in [-0.3, -0.25) is 9.69 Å². The topological polar surface area (TPSA) is 41.6 Å². The van der Waals surface area contributed by atoms with Crippen molar-refractivity contribution in [1.29, 1.82) is 0 Å². The number of methoxy groups -OCH3 is 1. The van der Waals surface area contributed by atoms with Crippen LogP contribution in [0.15, 0.2) is 24.3 Å². The lowest BCUT2D eigenvalue weighted by Crippen LogP contribution is -2.46. The third-order valence-corrected chi connectivity index (χ3v) is 5.62. The standard InChI is InChI=1S/C21H32N2O2/c1-25-16-18-7-5-6-17(14-18)15-23-12-10-20(11-13-23)22-21(24)19-8-3-2-4-9-19/h5-7,14,19-20H,2-4,8-13,15-16H2,1H3,(H,22,24). The Morgan fingerprint density at radius 2 is 1.84 bits per heavy atom. The second-order valence-corrected chi connectivity index (χ2v) is 7.65. The van der Waals surface area contributed by atoms with Gasteiger partial charge in [0.25, 0.3) is 0 Å². The van der Waals surface area contributed by atoms with Gasteiger partial charge in [-0.15, -0.1) is 0 Å². The van der Waals surface area contributed by atoms with Gasteiger partial charge in [0, 0.05) is 38.7 Å². The Labute approximate surface area is 151 Å². The van der Waals surface area contributed by atoms with Gasteiger partial charge in [-0.1, -0.05) is 43.5 Å². The second-order valence-electron chi connectivity index (χ2n) is 7.65. The normalized spacial score (nSPS) is 20.5. The lowest BCUT2D eigenvalue weighted by Gasteiger charge is -2.33. The maximum Gasteiger partial charge on any atom is 0.223 e. The number of nitrogens with zero attached hydrogens (tertiary/aromatic N) is 1. The average molecular weight is 344 g/mol. The van der Waals surface area contributed by atoms with Gasteiger partial charge in [0.15, 0.2) is 0 Å². The SMILES string of the molecule is COCc1cccc(CN2CCC(NC(=O)C3CCCCC3)CC2)c1. The maximum atomic E-state index is 12.4. The first-order chi connectivity index (χ1) is 12.2. The number of hydrogen-bond acceptors (Lipinski definition) is 3. The van der Waals surface area contributed by atoms with E-state index in [-0.39, 0.29) is 5.92 Å². The van der Waals surface area contributed by atoms with Gasteiger partial charge in [0.1, 0.15) is 0 Å². The first kappa shape index (κ1) is 18.4. The van der Waals surface area contributed by atoms with E-state index in [0.717, 1.165) is 45.3 Å². The molecular formula is C21H32N2O2. The highest BCUT2D eigenvalue weighted by Gasteiger charge is 2.25. The molecule has 1 N–H and O–H groups in total. The third kappa shape index (κ3) is 5.55. The van der Waals surface area contributed by atoms with E-state index < -0.39 is 0 Å². The summed E-state index contributed by atoms with van der Waals surface area (Å²) in [6.45, 7) is 3.78. The molecule has 25 heavy (non-hydrogen) atoms. The predicted octanol–water partition coefficient (Wildman–Crippen LogP) is 3.49. The summed E-state index contributed by atoms with van der Waals surface area (Å²) in [5.41, 5.74) is 2.58.